The number of esters is 1. The number of rotatable bonds is 5. The normalized spacial score (nSPS) is 23.5. The molecule has 0 saturated carbocycles. The lowest BCUT2D eigenvalue weighted by Gasteiger charge is -2.30. The standard InChI is InChI=1S/C13H23NO3S/c1-5-7-11(15)14-10(13(16)17-6-2)8-18-12(14)9(3)4/h9-10,12H,5-8H2,1-4H3. The van der Waals surface area contributed by atoms with Crippen molar-refractivity contribution in [3.63, 3.8) is 0 Å². The minimum Gasteiger partial charge on any atom is -0.464 e. The molecule has 104 valence electrons. The largest absolute Gasteiger partial charge is 0.464 e. The van der Waals surface area contributed by atoms with Crippen LogP contribution in [-0.2, 0) is 14.3 Å². The van der Waals surface area contributed by atoms with E-state index in [9.17, 15) is 9.59 Å². The van der Waals surface area contributed by atoms with Gasteiger partial charge in [-0.1, -0.05) is 20.8 Å². The third kappa shape index (κ3) is 3.40. The lowest BCUT2D eigenvalue weighted by atomic mass is 10.1. The highest BCUT2D eigenvalue weighted by molar-refractivity contribution is 8.00. The predicted molar refractivity (Wildman–Crippen MR) is 73.3 cm³/mol. The number of ether oxygens (including phenoxy) is 1. The summed E-state index contributed by atoms with van der Waals surface area (Å²) in [6.45, 7) is 8.29. The summed E-state index contributed by atoms with van der Waals surface area (Å²) in [5.74, 6) is 0.795. The van der Waals surface area contributed by atoms with Gasteiger partial charge in [-0.2, -0.15) is 0 Å². The molecule has 1 amide bonds. The third-order valence-electron chi connectivity index (χ3n) is 2.92. The first-order valence-corrected chi connectivity index (χ1v) is 7.67. The average molecular weight is 273 g/mol. The fraction of sp³-hybridized carbons (Fsp3) is 0.846. The van der Waals surface area contributed by atoms with Crippen LogP contribution in [0.2, 0.25) is 0 Å². The SMILES string of the molecule is CCCC(=O)N1C(C(=O)OCC)CSC1C(C)C. The summed E-state index contributed by atoms with van der Waals surface area (Å²) in [4.78, 5) is 25.8. The highest BCUT2D eigenvalue weighted by Crippen LogP contribution is 2.35. The molecule has 18 heavy (non-hydrogen) atoms. The zero-order valence-electron chi connectivity index (χ0n) is 11.6. The highest BCUT2D eigenvalue weighted by atomic mass is 32.2. The van der Waals surface area contributed by atoms with Crippen LogP contribution in [0.4, 0.5) is 0 Å². The topological polar surface area (TPSA) is 46.6 Å². The van der Waals surface area contributed by atoms with E-state index in [1.54, 1.807) is 23.6 Å². The Hall–Kier alpha value is -0.710. The quantitative estimate of drug-likeness (QED) is 0.721. The summed E-state index contributed by atoms with van der Waals surface area (Å²) in [6.07, 6.45) is 1.31. The number of amides is 1. The molecule has 5 heteroatoms. The first-order valence-electron chi connectivity index (χ1n) is 6.62. The minimum atomic E-state index is -0.401. The van der Waals surface area contributed by atoms with Gasteiger partial charge >= 0.3 is 5.97 Å². The number of thioether (sulfide) groups is 1. The summed E-state index contributed by atoms with van der Waals surface area (Å²) in [5.41, 5.74) is 0. The maximum atomic E-state index is 12.2. The van der Waals surface area contributed by atoms with Crippen molar-refractivity contribution >= 4 is 23.6 Å². The average Bonchev–Trinajstić information content (AvgIpc) is 2.74. The molecular weight excluding hydrogens is 250 g/mol. The number of hydrogen-bond donors (Lipinski definition) is 0. The van der Waals surface area contributed by atoms with Gasteiger partial charge in [-0.25, -0.2) is 4.79 Å². The second kappa shape index (κ2) is 7.02. The van der Waals surface area contributed by atoms with Gasteiger partial charge in [-0.05, 0) is 19.3 Å². The van der Waals surface area contributed by atoms with E-state index in [0.29, 0.717) is 24.7 Å². The van der Waals surface area contributed by atoms with Gasteiger partial charge in [0.15, 0.2) is 0 Å². The molecule has 1 aliphatic heterocycles. The Morgan fingerprint density at radius 3 is 2.56 bits per heavy atom. The van der Waals surface area contributed by atoms with Gasteiger partial charge < -0.3 is 9.64 Å². The van der Waals surface area contributed by atoms with Crippen molar-refractivity contribution in [3.05, 3.63) is 0 Å². The second-order valence-corrected chi connectivity index (χ2v) is 5.94. The van der Waals surface area contributed by atoms with Crippen LogP contribution in [0.1, 0.15) is 40.5 Å². The van der Waals surface area contributed by atoms with E-state index in [1.165, 1.54) is 0 Å². The number of carbonyl (C=O) groups excluding carboxylic acids is 2. The zero-order valence-corrected chi connectivity index (χ0v) is 12.5. The molecule has 0 bridgehead atoms. The Kier molecular flexibility index (Phi) is 5.99. The van der Waals surface area contributed by atoms with Crippen LogP contribution >= 0.6 is 11.8 Å². The highest BCUT2D eigenvalue weighted by Gasteiger charge is 2.42. The van der Waals surface area contributed by atoms with Crippen molar-refractivity contribution in [2.45, 2.75) is 52.0 Å². The molecule has 0 aromatic rings. The van der Waals surface area contributed by atoms with E-state index < -0.39 is 6.04 Å². The van der Waals surface area contributed by atoms with E-state index >= 15 is 0 Å². The summed E-state index contributed by atoms with van der Waals surface area (Å²) in [6, 6.07) is -0.401. The number of hydrogen-bond acceptors (Lipinski definition) is 4. The van der Waals surface area contributed by atoms with Crippen molar-refractivity contribution in [3.8, 4) is 0 Å². The molecule has 1 saturated heterocycles. The number of nitrogens with zero attached hydrogens (tertiary/aromatic N) is 1. The van der Waals surface area contributed by atoms with E-state index in [4.69, 9.17) is 4.74 Å². The minimum absolute atomic E-state index is 0.0688. The molecule has 2 atom stereocenters. The van der Waals surface area contributed by atoms with Gasteiger partial charge in [-0.15, -0.1) is 11.8 Å². The predicted octanol–water partition coefficient (Wildman–Crippen LogP) is 2.28. The van der Waals surface area contributed by atoms with Crippen LogP contribution < -0.4 is 0 Å². The fourth-order valence-electron chi connectivity index (χ4n) is 2.12. The Labute approximate surface area is 113 Å². The van der Waals surface area contributed by atoms with Crippen molar-refractivity contribution < 1.29 is 14.3 Å². The van der Waals surface area contributed by atoms with Crippen LogP contribution in [0.5, 0.6) is 0 Å². The van der Waals surface area contributed by atoms with Crippen LogP contribution in [0, 0.1) is 5.92 Å². The second-order valence-electron chi connectivity index (χ2n) is 4.79. The first-order chi connectivity index (χ1) is 8.52. The van der Waals surface area contributed by atoms with Crippen LogP contribution in [0.15, 0.2) is 0 Å². The van der Waals surface area contributed by atoms with Crippen molar-refractivity contribution in [2.75, 3.05) is 12.4 Å². The monoisotopic (exact) mass is 273 g/mol. The molecule has 0 spiro atoms. The first kappa shape index (κ1) is 15.3. The van der Waals surface area contributed by atoms with Gasteiger partial charge in [-0.3, -0.25) is 4.79 Å². The fourth-order valence-corrected chi connectivity index (χ4v) is 3.61. The molecule has 0 radical (unpaired) electrons. The Bertz CT molecular complexity index is 307. The summed E-state index contributed by atoms with van der Waals surface area (Å²) >= 11 is 1.68. The van der Waals surface area contributed by atoms with Crippen molar-refractivity contribution in [1.82, 2.24) is 4.90 Å². The summed E-state index contributed by atoms with van der Waals surface area (Å²) in [7, 11) is 0. The Morgan fingerprint density at radius 2 is 2.06 bits per heavy atom. The molecule has 1 aliphatic rings. The van der Waals surface area contributed by atoms with Gasteiger partial charge in [0.2, 0.25) is 5.91 Å². The van der Waals surface area contributed by atoms with E-state index in [1.807, 2.05) is 6.92 Å². The van der Waals surface area contributed by atoms with Gasteiger partial charge in [0.05, 0.1) is 12.0 Å². The van der Waals surface area contributed by atoms with Gasteiger partial charge in [0.1, 0.15) is 6.04 Å². The number of carbonyl (C=O) groups is 2. The molecule has 0 aliphatic carbocycles. The van der Waals surface area contributed by atoms with E-state index in [-0.39, 0.29) is 17.3 Å². The van der Waals surface area contributed by atoms with Crippen LogP contribution in [-0.4, -0.2) is 40.6 Å². The Balaban J connectivity index is 2.83. The van der Waals surface area contributed by atoms with E-state index in [0.717, 1.165) is 6.42 Å². The molecular formula is C13H23NO3S. The van der Waals surface area contributed by atoms with Crippen molar-refractivity contribution in [1.29, 1.82) is 0 Å². The van der Waals surface area contributed by atoms with Gasteiger partial charge in [0.25, 0.3) is 0 Å². The Morgan fingerprint density at radius 1 is 1.39 bits per heavy atom. The lowest BCUT2D eigenvalue weighted by Crippen LogP contribution is -2.47. The molecule has 1 fully saturated rings. The molecule has 4 nitrogen and oxygen atoms in total. The molecule has 2 unspecified atom stereocenters. The maximum Gasteiger partial charge on any atom is 0.329 e. The zero-order chi connectivity index (χ0) is 13.7. The van der Waals surface area contributed by atoms with Crippen LogP contribution in [0.3, 0.4) is 0 Å². The van der Waals surface area contributed by atoms with Crippen LogP contribution in [0.25, 0.3) is 0 Å². The molecule has 0 aromatic carbocycles. The molecule has 1 heterocycles. The molecule has 1 rings (SSSR count). The summed E-state index contributed by atoms with van der Waals surface area (Å²) < 4.78 is 5.07. The third-order valence-corrected chi connectivity index (χ3v) is 4.54. The smallest absolute Gasteiger partial charge is 0.329 e. The lowest BCUT2D eigenvalue weighted by molar-refractivity contribution is -0.154. The van der Waals surface area contributed by atoms with Crippen molar-refractivity contribution in [2.24, 2.45) is 5.92 Å². The summed E-state index contributed by atoms with van der Waals surface area (Å²) in [5, 5.41) is 0.0958. The van der Waals surface area contributed by atoms with Gasteiger partial charge in [0, 0.05) is 12.2 Å². The maximum absolute atomic E-state index is 12.2. The van der Waals surface area contributed by atoms with E-state index in [2.05, 4.69) is 13.8 Å². The molecule has 0 N–H and O–H groups in total. The molecule has 0 aromatic heterocycles.